The van der Waals surface area contributed by atoms with E-state index in [2.05, 4.69) is 15.1 Å². The summed E-state index contributed by atoms with van der Waals surface area (Å²) >= 11 is 0. The van der Waals surface area contributed by atoms with Gasteiger partial charge in [0.05, 0.1) is 11.4 Å². The van der Waals surface area contributed by atoms with Crippen molar-refractivity contribution in [1.29, 1.82) is 0 Å². The van der Waals surface area contributed by atoms with E-state index >= 15 is 0 Å². The SMILES string of the molecule is CS(=O)(=O)c1nccc(-c2c(-c3ccc(F)cc3)[nH]oc2=O)n1. The van der Waals surface area contributed by atoms with Crippen molar-refractivity contribution in [3.05, 3.63) is 52.8 Å². The Hall–Kier alpha value is -2.81. The second-order valence-corrected chi connectivity index (χ2v) is 6.65. The van der Waals surface area contributed by atoms with Gasteiger partial charge in [0.2, 0.25) is 15.0 Å². The molecule has 1 N–H and O–H groups in total. The highest BCUT2D eigenvalue weighted by Crippen LogP contribution is 2.27. The Morgan fingerprint density at radius 2 is 1.87 bits per heavy atom. The molecule has 0 bridgehead atoms. The molecule has 0 saturated carbocycles. The number of aromatic amines is 1. The van der Waals surface area contributed by atoms with Gasteiger partial charge < -0.3 is 4.52 Å². The molecule has 0 aliphatic carbocycles. The minimum atomic E-state index is -3.63. The number of hydrogen-bond acceptors (Lipinski definition) is 6. The largest absolute Gasteiger partial charge is 0.367 e. The van der Waals surface area contributed by atoms with Crippen LogP contribution in [0.3, 0.4) is 0 Å². The average Bonchev–Trinajstić information content (AvgIpc) is 2.89. The van der Waals surface area contributed by atoms with Gasteiger partial charge in [-0.1, -0.05) is 0 Å². The van der Waals surface area contributed by atoms with Crippen LogP contribution in [0.1, 0.15) is 0 Å². The molecule has 0 spiro atoms. The van der Waals surface area contributed by atoms with E-state index in [1.807, 2.05) is 0 Å². The molecular weight excluding hydrogens is 325 g/mol. The molecule has 2 aromatic heterocycles. The maximum Gasteiger partial charge on any atom is 0.367 e. The van der Waals surface area contributed by atoms with E-state index in [4.69, 9.17) is 4.52 Å². The number of nitrogens with zero attached hydrogens (tertiary/aromatic N) is 2. The van der Waals surface area contributed by atoms with Gasteiger partial charge in [0.25, 0.3) is 0 Å². The third-order valence-electron chi connectivity index (χ3n) is 3.05. The van der Waals surface area contributed by atoms with Crippen molar-refractivity contribution >= 4 is 9.84 Å². The van der Waals surface area contributed by atoms with Gasteiger partial charge in [0, 0.05) is 18.0 Å². The Bertz CT molecular complexity index is 1020. The Kier molecular flexibility index (Phi) is 3.57. The molecule has 0 radical (unpaired) electrons. The summed E-state index contributed by atoms with van der Waals surface area (Å²) in [6.07, 6.45) is 2.20. The smallest absolute Gasteiger partial charge is 0.338 e. The second-order valence-electron chi connectivity index (χ2n) is 4.75. The fraction of sp³-hybridized carbons (Fsp3) is 0.0714. The summed E-state index contributed by atoms with van der Waals surface area (Å²) in [4.78, 5) is 19.5. The quantitative estimate of drug-likeness (QED) is 0.729. The number of sulfone groups is 1. The predicted octanol–water partition coefficient (Wildman–Crippen LogP) is 1.63. The first-order chi connectivity index (χ1) is 10.9. The van der Waals surface area contributed by atoms with Crippen molar-refractivity contribution in [3.8, 4) is 22.5 Å². The molecule has 23 heavy (non-hydrogen) atoms. The van der Waals surface area contributed by atoms with Crippen LogP contribution in [0.25, 0.3) is 22.5 Å². The minimum Gasteiger partial charge on any atom is -0.338 e. The average molecular weight is 335 g/mol. The van der Waals surface area contributed by atoms with Crippen LogP contribution >= 0.6 is 0 Å². The van der Waals surface area contributed by atoms with Crippen molar-refractivity contribution in [3.63, 3.8) is 0 Å². The van der Waals surface area contributed by atoms with Crippen LogP contribution < -0.4 is 5.63 Å². The molecule has 0 saturated heterocycles. The molecule has 3 rings (SSSR count). The molecule has 0 aliphatic heterocycles. The first-order valence-corrected chi connectivity index (χ1v) is 8.26. The fourth-order valence-corrected chi connectivity index (χ4v) is 2.53. The topological polar surface area (TPSA) is 106 Å². The summed E-state index contributed by atoms with van der Waals surface area (Å²) in [7, 11) is -3.63. The lowest BCUT2D eigenvalue weighted by Crippen LogP contribution is -2.06. The molecule has 0 amide bonds. The van der Waals surface area contributed by atoms with Crippen LogP contribution in [-0.4, -0.2) is 29.8 Å². The number of nitrogens with one attached hydrogen (secondary N) is 1. The van der Waals surface area contributed by atoms with E-state index in [1.54, 1.807) is 0 Å². The van der Waals surface area contributed by atoms with Crippen LogP contribution in [0, 0.1) is 5.82 Å². The molecule has 0 aliphatic rings. The number of halogens is 1. The molecule has 7 nitrogen and oxygen atoms in total. The van der Waals surface area contributed by atoms with Gasteiger partial charge in [0.1, 0.15) is 11.4 Å². The minimum absolute atomic E-state index is 0.0453. The summed E-state index contributed by atoms with van der Waals surface area (Å²) in [5.41, 5.74) is 0.182. The molecule has 0 fully saturated rings. The molecule has 1 aromatic carbocycles. The van der Waals surface area contributed by atoms with Gasteiger partial charge in [-0.3, -0.25) is 0 Å². The predicted molar refractivity (Wildman–Crippen MR) is 78.9 cm³/mol. The Balaban J connectivity index is 2.20. The standard InChI is InChI=1S/C14H10FN3O4S/c1-23(20,21)14-16-7-6-10(17-14)11-12(18-22-13(11)19)8-2-4-9(15)5-3-8/h2-7,18H,1H3. The van der Waals surface area contributed by atoms with E-state index in [0.29, 0.717) is 5.56 Å². The molecule has 3 aromatic rings. The van der Waals surface area contributed by atoms with Gasteiger partial charge in [-0.15, -0.1) is 0 Å². The van der Waals surface area contributed by atoms with E-state index in [0.717, 1.165) is 6.26 Å². The van der Waals surface area contributed by atoms with Gasteiger partial charge in [-0.2, -0.15) is 0 Å². The van der Waals surface area contributed by atoms with E-state index in [1.165, 1.54) is 36.5 Å². The number of hydrogen-bond donors (Lipinski definition) is 1. The van der Waals surface area contributed by atoms with Crippen molar-refractivity contribution in [2.24, 2.45) is 0 Å². The number of H-pyrrole nitrogens is 1. The highest BCUT2D eigenvalue weighted by Gasteiger charge is 2.20. The van der Waals surface area contributed by atoms with E-state index in [9.17, 15) is 17.6 Å². The van der Waals surface area contributed by atoms with Crippen LogP contribution in [-0.2, 0) is 9.84 Å². The van der Waals surface area contributed by atoms with Crippen molar-refractivity contribution in [1.82, 2.24) is 15.1 Å². The van der Waals surface area contributed by atoms with Crippen molar-refractivity contribution in [2.75, 3.05) is 6.26 Å². The normalized spacial score (nSPS) is 11.6. The maximum absolute atomic E-state index is 13.0. The van der Waals surface area contributed by atoms with Crippen LogP contribution in [0.15, 0.2) is 51.0 Å². The molecule has 118 valence electrons. The zero-order chi connectivity index (χ0) is 16.6. The van der Waals surface area contributed by atoms with Gasteiger partial charge in [-0.25, -0.2) is 32.7 Å². The van der Waals surface area contributed by atoms with Crippen LogP contribution in [0.4, 0.5) is 4.39 Å². The molecular formula is C14H10FN3O4S. The fourth-order valence-electron chi connectivity index (χ4n) is 2.01. The van der Waals surface area contributed by atoms with Crippen LogP contribution in [0.2, 0.25) is 0 Å². The lowest BCUT2D eigenvalue weighted by Gasteiger charge is -2.03. The highest BCUT2D eigenvalue weighted by molar-refractivity contribution is 7.90. The third kappa shape index (κ3) is 2.90. The number of aromatic nitrogens is 3. The number of benzene rings is 1. The summed E-state index contributed by atoms with van der Waals surface area (Å²) in [6.45, 7) is 0. The summed E-state index contributed by atoms with van der Waals surface area (Å²) < 4.78 is 40.9. The monoisotopic (exact) mass is 335 g/mol. The first-order valence-electron chi connectivity index (χ1n) is 6.37. The van der Waals surface area contributed by atoms with Gasteiger partial charge in [-0.05, 0) is 30.3 Å². The molecule has 2 heterocycles. The lowest BCUT2D eigenvalue weighted by molar-refractivity contribution is 0.394. The van der Waals surface area contributed by atoms with E-state index < -0.39 is 26.4 Å². The molecule has 0 atom stereocenters. The van der Waals surface area contributed by atoms with Crippen molar-refractivity contribution < 1.29 is 17.3 Å². The summed E-state index contributed by atoms with van der Waals surface area (Å²) in [6, 6.07) is 6.76. The van der Waals surface area contributed by atoms with Gasteiger partial charge >= 0.3 is 5.63 Å². The number of rotatable bonds is 3. The summed E-state index contributed by atoms with van der Waals surface area (Å²) in [5.74, 6) is -0.428. The zero-order valence-corrected chi connectivity index (χ0v) is 12.6. The Morgan fingerprint density at radius 1 is 1.17 bits per heavy atom. The lowest BCUT2D eigenvalue weighted by atomic mass is 10.1. The van der Waals surface area contributed by atoms with Gasteiger partial charge in [0.15, 0.2) is 0 Å². The molecule has 9 heteroatoms. The third-order valence-corrected chi connectivity index (χ3v) is 3.91. The van der Waals surface area contributed by atoms with Crippen molar-refractivity contribution in [2.45, 2.75) is 5.16 Å². The Labute approximate surface area is 129 Å². The Morgan fingerprint density at radius 3 is 2.52 bits per heavy atom. The zero-order valence-electron chi connectivity index (χ0n) is 11.8. The molecule has 0 unspecified atom stereocenters. The first kappa shape index (κ1) is 15.1. The van der Waals surface area contributed by atoms with Crippen LogP contribution in [0.5, 0.6) is 0 Å². The highest BCUT2D eigenvalue weighted by atomic mass is 32.2. The maximum atomic E-state index is 13.0. The van der Waals surface area contributed by atoms with E-state index in [-0.39, 0.29) is 17.0 Å². The second kappa shape index (κ2) is 5.43. The summed E-state index contributed by atoms with van der Waals surface area (Å²) in [5, 5.41) is 2.04.